The van der Waals surface area contributed by atoms with E-state index in [2.05, 4.69) is 11.8 Å². The predicted molar refractivity (Wildman–Crippen MR) is 99.1 cm³/mol. The quantitative estimate of drug-likeness (QED) is 0.746. The fourth-order valence-electron chi connectivity index (χ4n) is 2.94. The number of hydrogen-bond donors (Lipinski definition) is 0. The van der Waals surface area contributed by atoms with E-state index in [1.165, 1.54) is 12.1 Å². The minimum absolute atomic E-state index is 0.214. The molecule has 3 rings (SSSR count). The van der Waals surface area contributed by atoms with Crippen molar-refractivity contribution in [2.24, 2.45) is 0 Å². The molecule has 0 radical (unpaired) electrons. The van der Waals surface area contributed by atoms with E-state index < -0.39 is 0 Å². The summed E-state index contributed by atoms with van der Waals surface area (Å²) in [5, 5.41) is 0.647. The molecule has 1 aliphatic heterocycles. The van der Waals surface area contributed by atoms with E-state index in [0.717, 1.165) is 5.56 Å². The van der Waals surface area contributed by atoms with Gasteiger partial charge in [0.05, 0.1) is 6.54 Å². The van der Waals surface area contributed by atoms with Gasteiger partial charge in [0, 0.05) is 24.2 Å². The number of ether oxygens (including phenoxy) is 1. The number of benzene rings is 2. The largest absolute Gasteiger partial charge is 0.473 e. The van der Waals surface area contributed by atoms with Gasteiger partial charge in [0.1, 0.15) is 23.2 Å². The Balaban J connectivity index is 1.61. The van der Waals surface area contributed by atoms with Crippen molar-refractivity contribution in [1.82, 2.24) is 9.80 Å². The van der Waals surface area contributed by atoms with Crippen LogP contribution in [0.15, 0.2) is 54.2 Å². The van der Waals surface area contributed by atoms with Gasteiger partial charge in [-0.15, -0.1) is 0 Å². The van der Waals surface area contributed by atoms with Crippen molar-refractivity contribution in [3.05, 3.63) is 70.6 Å². The van der Waals surface area contributed by atoms with Gasteiger partial charge in [-0.25, -0.2) is 9.18 Å². The molecule has 0 saturated carbocycles. The Labute approximate surface area is 157 Å². The fraction of sp³-hybridized carbons (Fsp3) is 0.300. The van der Waals surface area contributed by atoms with Gasteiger partial charge in [-0.1, -0.05) is 23.7 Å². The van der Waals surface area contributed by atoms with Crippen LogP contribution >= 0.6 is 11.6 Å². The summed E-state index contributed by atoms with van der Waals surface area (Å²) in [6, 6.07) is 13.8. The Bertz CT molecular complexity index is 788. The van der Waals surface area contributed by atoms with Gasteiger partial charge in [0.15, 0.2) is 6.73 Å². The van der Waals surface area contributed by atoms with E-state index in [4.69, 9.17) is 16.3 Å². The van der Waals surface area contributed by atoms with E-state index in [1.54, 1.807) is 36.4 Å². The minimum atomic E-state index is -0.251. The Morgan fingerprint density at radius 2 is 1.88 bits per heavy atom. The van der Waals surface area contributed by atoms with E-state index in [-0.39, 0.29) is 18.6 Å². The lowest BCUT2D eigenvalue weighted by Gasteiger charge is -2.40. The monoisotopic (exact) mass is 374 g/mol. The standard InChI is InChI=1S/C20H20ClFN2O2/c1-15-10-24(14-26-20-8-4-17(21)5-9-20)19(13-25)12-23(15)11-16-2-6-18(22)7-3-16/h2-9,15H,10-12,14H2,1H3. The van der Waals surface area contributed by atoms with Crippen molar-refractivity contribution in [2.75, 3.05) is 19.8 Å². The lowest BCUT2D eigenvalue weighted by molar-refractivity contribution is 0.0674. The normalized spacial score (nSPS) is 17.9. The minimum Gasteiger partial charge on any atom is -0.473 e. The molecule has 2 aromatic carbocycles. The Morgan fingerprint density at radius 1 is 1.19 bits per heavy atom. The predicted octanol–water partition coefficient (Wildman–Crippen LogP) is 3.74. The molecular formula is C20H20ClFN2O2. The number of hydrogen-bond acceptors (Lipinski definition) is 4. The lowest BCUT2D eigenvalue weighted by Crippen LogP contribution is -2.51. The van der Waals surface area contributed by atoms with Crippen LogP contribution in [0.25, 0.3) is 0 Å². The third-order valence-electron chi connectivity index (χ3n) is 4.46. The van der Waals surface area contributed by atoms with Crippen LogP contribution in [0.5, 0.6) is 5.75 Å². The maximum Gasteiger partial charge on any atom is 0.161 e. The summed E-state index contributed by atoms with van der Waals surface area (Å²) in [5.74, 6) is 2.48. The van der Waals surface area contributed by atoms with Crippen LogP contribution in [0.2, 0.25) is 5.02 Å². The fourth-order valence-corrected chi connectivity index (χ4v) is 3.07. The van der Waals surface area contributed by atoms with Crippen molar-refractivity contribution in [2.45, 2.75) is 19.5 Å². The molecule has 26 heavy (non-hydrogen) atoms. The average Bonchev–Trinajstić information content (AvgIpc) is 2.65. The summed E-state index contributed by atoms with van der Waals surface area (Å²) >= 11 is 5.87. The molecular weight excluding hydrogens is 355 g/mol. The molecule has 136 valence electrons. The number of carbonyl (C=O) groups excluding carboxylic acids is 1. The van der Waals surface area contributed by atoms with Gasteiger partial charge in [-0.3, -0.25) is 4.90 Å². The number of halogens is 2. The van der Waals surface area contributed by atoms with Crippen LogP contribution in [-0.4, -0.2) is 41.6 Å². The molecule has 4 nitrogen and oxygen atoms in total. The van der Waals surface area contributed by atoms with E-state index >= 15 is 0 Å². The van der Waals surface area contributed by atoms with Crippen molar-refractivity contribution < 1.29 is 13.9 Å². The first kappa shape index (κ1) is 18.5. The first-order chi connectivity index (χ1) is 12.5. The zero-order valence-corrected chi connectivity index (χ0v) is 15.2. The number of piperazine rings is 1. The number of rotatable bonds is 5. The molecule has 0 spiro atoms. The van der Waals surface area contributed by atoms with E-state index in [0.29, 0.717) is 36.1 Å². The topological polar surface area (TPSA) is 32.8 Å². The first-order valence-corrected chi connectivity index (χ1v) is 8.79. The Hall–Kier alpha value is -2.33. The second kappa shape index (κ2) is 8.37. The summed E-state index contributed by atoms with van der Waals surface area (Å²) < 4.78 is 18.8. The maximum atomic E-state index is 13.1. The van der Waals surface area contributed by atoms with Crippen LogP contribution < -0.4 is 4.74 Å². The van der Waals surface area contributed by atoms with E-state index in [9.17, 15) is 9.18 Å². The maximum absolute atomic E-state index is 13.1. The summed E-state index contributed by atoms with van der Waals surface area (Å²) in [7, 11) is 0. The smallest absolute Gasteiger partial charge is 0.161 e. The SMILES string of the molecule is CC1CN(COc2ccc(Cl)cc2)C(=C=O)CN1Cc1ccc(F)cc1. The molecule has 1 unspecified atom stereocenters. The molecule has 0 N–H and O–H groups in total. The van der Waals surface area contributed by atoms with Crippen molar-refractivity contribution in [3.8, 4) is 5.75 Å². The molecule has 6 heteroatoms. The Kier molecular flexibility index (Phi) is 5.94. The molecule has 1 heterocycles. The third kappa shape index (κ3) is 4.64. The molecule has 1 aliphatic rings. The second-order valence-electron chi connectivity index (χ2n) is 6.38. The van der Waals surface area contributed by atoms with Crippen LogP contribution in [0.3, 0.4) is 0 Å². The van der Waals surface area contributed by atoms with Crippen LogP contribution in [0.1, 0.15) is 12.5 Å². The molecule has 2 aromatic rings. The highest BCUT2D eigenvalue weighted by atomic mass is 35.5. The molecule has 0 aliphatic carbocycles. The van der Waals surface area contributed by atoms with Gasteiger partial charge < -0.3 is 9.64 Å². The summed E-state index contributed by atoms with van der Waals surface area (Å²) in [6.07, 6.45) is 0. The number of nitrogens with zero attached hydrogens (tertiary/aromatic N) is 2. The van der Waals surface area contributed by atoms with Crippen LogP contribution in [0, 0.1) is 5.82 Å². The third-order valence-corrected chi connectivity index (χ3v) is 4.71. The summed E-state index contributed by atoms with van der Waals surface area (Å²) in [5.41, 5.74) is 1.56. The van der Waals surface area contributed by atoms with E-state index in [1.807, 2.05) is 10.8 Å². The van der Waals surface area contributed by atoms with Crippen molar-refractivity contribution >= 4 is 17.5 Å². The molecule has 0 aromatic heterocycles. The second-order valence-corrected chi connectivity index (χ2v) is 6.82. The first-order valence-electron chi connectivity index (χ1n) is 8.41. The molecule has 1 atom stereocenters. The molecule has 1 saturated heterocycles. The summed E-state index contributed by atoms with van der Waals surface area (Å²) in [6.45, 7) is 4.16. The highest BCUT2D eigenvalue weighted by molar-refractivity contribution is 6.30. The zero-order chi connectivity index (χ0) is 18.5. The van der Waals surface area contributed by atoms with Gasteiger partial charge in [0.2, 0.25) is 0 Å². The molecule has 1 fully saturated rings. The lowest BCUT2D eigenvalue weighted by atomic mass is 10.1. The van der Waals surface area contributed by atoms with Crippen LogP contribution in [0.4, 0.5) is 4.39 Å². The highest BCUT2D eigenvalue weighted by Gasteiger charge is 2.28. The zero-order valence-electron chi connectivity index (χ0n) is 14.5. The van der Waals surface area contributed by atoms with Gasteiger partial charge in [0.25, 0.3) is 0 Å². The Morgan fingerprint density at radius 3 is 2.54 bits per heavy atom. The van der Waals surface area contributed by atoms with Gasteiger partial charge in [-0.05, 0) is 48.9 Å². The summed E-state index contributed by atoms with van der Waals surface area (Å²) in [4.78, 5) is 15.5. The van der Waals surface area contributed by atoms with Crippen molar-refractivity contribution in [3.63, 3.8) is 0 Å². The highest BCUT2D eigenvalue weighted by Crippen LogP contribution is 2.21. The van der Waals surface area contributed by atoms with Gasteiger partial charge >= 0.3 is 0 Å². The molecule has 0 bridgehead atoms. The molecule has 0 amide bonds. The van der Waals surface area contributed by atoms with Crippen molar-refractivity contribution in [1.29, 1.82) is 0 Å². The van der Waals surface area contributed by atoms with Crippen LogP contribution in [-0.2, 0) is 11.3 Å². The average molecular weight is 375 g/mol. The van der Waals surface area contributed by atoms with Gasteiger partial charge in [-0.2, -0.15) is 0 Å².